The summed E-state index contributed by atoms with van der Waals surface area (Å²) in [5.74, 6) is -0.831. The van der Waals surface area contributed by atoms with E-state index in [9.17, 15) is 15.0 Å². The van der Waals surface area contributed by atoms with Crippen LogP contribution in [0.5, 0.6) is 5.75 Å². The summed E-state index contributed by atoms with van der Waals surface area (Å²) < 4.78 is 1.80. The molecule has 0 fully saturated rings. The molecule has 0 atom stereocenters. The number of carboxylic acids is 1. The van der Waals surface area contributed by atoms with Gasteiger partial charge in [-0.3, -0.25) is 4.90 Å². The largest absolute Gasteiger partial charge is 0.507 e. The molecule has 122 valence electrons. The second-order valence-corrected chi connectivity index (χ2v) is 6.41. The molecule has 5 nitrogen and oxygen atoms in total. The quantitative estimate of drug-likeness (QED) is 0.914. The van der Waals surface area contributed by atoms with Crippen molar-refractivity contribution >= 4 is 22.4 Å². The molecule has 1 aromatic carbocycles. The molecule has 0 saturated carbocycles. The maximum Gasteiger partial charge on any atom is 0.337 e. The maximum atomic E-state index is 11.3. The highest BCUT2D eigenvalue weighted by Gasteiger charge is 2.20. The Kier molecular flexibility index (Phi) is 3.90. The van der Waals surface area contributed by atoms with E-state index in [2.05, 4.69) is 24.8 Å². The number of carboxylic acid groups (broad SMARTS) is 1. The van der Waals surface area contributed by atoms with Gasteiger partial charge in [0.1, 0.15) is 5.75 Å². The average Bonchev–Trinajstić information content (AvgIpc) is 2.83. The molecular formula is C18H22N2O3. The summed E-state index contributed by atoms with van der Waals surface area (Å²) in [6.45, 7) is 6.20. The minimum atomic E-state index is -0.979. The van der Waals surface area contributed by atoms with E-state index >= 15 is 0 Å². The minimum absolute atomic E-state index is 0.149. The predicted octanol–water partition coefficient (Wildman–Crippen LogP) is 3.08. The number of nitrogens with zero attached hydrogens (tertiary/aromatic N) is 2. The van der Waals surface area contributed by atoms with E-state index in [4.69, 9.17) is 0 Å². The van der Waals surface area contributed by atoms with Crippen LogP contribution in [-0.4, -0.2) is 44.8 Å². The maximum absolute atomic E-state index is 11.3. The average molecular weight is 314 g/mol. The van der Waals surface area contributed by atoms with Crippen LogP contribution in [0.25, 0.3) is 16.5 Å². The lowest BCUT2D eigenvalue weighted by Gasteiger charge is -2.30. The summed E-state index contributed by atoms with van der Waals surface area (Å²) in [7, 11) is 1.82. The zero-order chi connectivity index (χ0) is 16.7. The molecule has 2 heterocycles. The topological polar surface area (TPSA) is 65.7 Å². The van der Waals surface area contributed by atoms with Gasteiger partial charge in [0, 0.05) is 48.8 Å². The molecule has 0 unspecified atom stereocenters. The molecule has 0 spiro atoms. The number of aromatic nitrogens is 1. The first-order chi connectivity index (χ1) is 10.9. The highest BCUT2D eigenvalue weighted by molar-refractivity contribution is 6.04. The van der Waals surface area contributed by atoms with E-state index in [1.165, 1.54) is 0 Å². The molecule has 23 heavy (non-hydrogen) atoms. The zero-order valence-electron chi connectivity index (χ0n) is 13.7. The van der Waals surface area contributed by atoms with Crippen molar-refractivity contribution < 1.29 is 15.0 Å². The van der Waals surface area contributed by atoms with Gasteiger partial charge < -0.3 is 14.8 Å². The van der Waals surface area contributed by atoms with Gasteiger partial charge >= 0.3 is 5.97 Å². The van der Waals surface area contributed by atoms with Crippen LogP contribution in [-0.2, 0) is 7.05 Å². The highest BCUT2D eigenvalue weighted by atomic mass is 16.4. The normalized spacial score (nSPS) is 16.1. The minimum Gasteiger partial charge on any atom is -0.507 e. The van der Waals surface area contributed by atoms with Crippen molar-refractivity contribution in [3.63, 3.8) is 0 Å². The van der Waals surface area contributed by atoms with Crippen molar-refractivity contribution in [2.24, 2.45) is 7.05 Å². The second kappa shape index (κ2) is 5.74. The van der Waals surface area contributed by atoms with Crippen LogP contribution in [0.1, 0.15) is 36.2 Å². The molecule has 0 radical (unpaired) electrons. The van der Waals surface area contributed by atoms with Crippen LogP contribution in [0, 0.1) is 0 Å². The Balaban J connectivity index is 2.05. The molecule has 5 heteroatoms. The number of fused-ring (bicyclic) bond motifs is 1. The first kappa shape index (κ1) is 15.6. The summed E-state index contributed by atoms with van der Waals surface area (Å²) in [4.78, 5) is 13.7. The molecule has 0 saturated heterocycles. The van der Waals surface area contributed by atoms with Crippen LogP contribution in [0.4, 0.5) is 0 Å². The number of aryl methyl sites for hydroxylation is 1. The van der Waals surface area contributed by atoms with Gasteiger partial charge in [0.25, 0.3) is 0 Å². The Morgan fingerprint density at radius 1 is 1.30 bits per heavy atom. The summed E-state index contributed by atoms with van der Waals surface area (Å²) in [6.07, 6.45) is 4.63. The summed E-state index contributed by atoms with van der Waals surface area (Å²) >= 11 is 0. The molecular weight excluding hydrogens is 292 g/mol. The third-order valence-corrected chi connectivity index (χ3v) is 4.65. The molecule has 3 rings (SSSR count). The van der Waals surface area contributed by atoms with Crippen molar-refractivity contribution in [3.8, 4) is 5.75 Å². The number of carbonyl (C=O) groups is 1. The number of benzene rings is 1. The smallest absolute Gasteiger partial charge is 0.337 e. The number of phenolic OH excluding ortho intramolecular Hbond substituents is 1. The number of hydrogen-bond donors (Lipinski definition) is 2. The van der Waals surface area contributed by atoms with Crippen molar-refractivity contribution in [2.75, 3.05) is 13.1 Å². The molecule has 2 N–H and O–H groups in total. The number of phenols is 1. The van der Waals surface area contributed by atoms with Gasteiger partial charge in [-0.15, -0.1) is 0 Å². The van der Waals surface area contributed by atoms with Gasteiger partial charge in [0.05, 0.1) is 5.56 Å². The first-order valence-corrected chi connectivity index (χ1v) is 7.87. The van der Waals surface area contributed by atoms with Gasteiger partial charge in [-0.2, -0.15) is 0 Å². The third-order valence-electron chi connectivity index (χ3n) is 4.65. The lowest BCUT2D eigenvalue weighted by Crippen LogP contribution is -2.34. The molecule has 1 aliphatic rings. The van der Waals surface area contributed by atoms with Crippen molar-refractivity contribution in [3.05, 3.63) is 35.5 Å². The third kappa shape index (κ3) is 2.72. The SMILES string of the molecule is CC(C)N1CC=C(c2cc3c(cc2O)c(C(=O)O)cn3C)CC1. The predicted molar refractivity (Wildman–Crippen MR) is 90.8 cm³/mol. The fourth-order valence-electron chi connectivity index (χ4n) is 3.24. The Bertz CT molecular complexity index is 802. The molecule has 1 aromatic heterocycles. The van der Waals surface area contributed by atoms with E-state index in [0.29, 0.717) is 11.4 Å². The molecule has 0 aliphatic carbocycles. The second-order valence-electron chi connectivity index (χ2n) is 6.41. The van der Waals surface area contributed by atoms with E-state index < -0.39 is 5.97 Å². The van der Waals surface area contributed by atoms with Crippen molar-refractivity contribution in [2.45, 2.75) is 26.3 Å². The van der Waals surface area contributed by atoms with E-state index in [-0.39, 0.29) is 11.3 Å². The van der Waals surface area contributed by atoms with Gasteiger partial charge in [0.2, 0.25) is 0 Å². The van der Waals surface area contributed by atoms with Crippen molar-refractivity contribution in [1.29, 1.82) is 0 Å². The van der Waals surface area contributed by atoms with Crippen LogP contribution in [0.3, 0.4) is 0 Å². The standard InChI is InChI=1S/C18H22N2O3/c1-11(2)20-6-4-12(5-7-20)13-8-16-14(9-17(13)21)15(18(22)23)10-19(16)3/h4,8-11,21H,5-7H2,1-3H3,(H,22,23). The van der Waals surface area contributed by atoms with E-state index in [0.717, 1.165) is 36.2 Å². The Labute approximate surface area is 135 Å². The van der Waals surface area contributed by atoms with Crippen LogP contribution in [0.15, 0.2) is 24.4 Å². The Hall–Kier alpha value is -2.27. The Morgan fingerprint density at radius 3 is 2.61 bits per heavy atom. The number of aromatic hydroxyl groups is 1. The number of rotatable bonds is 3. The lowest BCUT2D eigenvalue weighted by molar-refractivity contribution is 0.0699. The number of hydrogen-bond acceptors (Lipinski definition) is 3. The fraction of sp³-hybridized carbons (Fsp3) is 0.389. The summed E-state index contributed by atoms with van der Waals surface area (Å²) in [6, 6.07) is 3.98. The zero-order valence-corrected chi connectivity index (χ0v) is 13.7. The van der Waals surface area contributed by atoms with E-state index in [1.807, 2.05) is 13.1 Å². The summed E-state index contributed by atoms with van der Waals surface area (Å²) in [5.41, 5.74) is 2.97. The highest BCUT2D eigenvalue weighted by Crippen LogP contribution is 2.35. The number of aromatic carboxylic acids is 1. The van der Waals surface area contributed by atoms with Gasteiger partial charge in [0.15, 0.2) is 0 Å². The molecule has 0 amide bonds. The summed E-state index contributed by atoms with van der Waals surface area (Å²) in [5, 5.41) is 20.2. The van der Waals surface area contributed by atoms with Gasteiger partial charge in [-0.05, 0) is 38.0 Å². The van der Waals surface area contributed by atoms with Crippen LogP contribution in [0.2, 0.25) is 0 Å². The van der Waals surface area contributed by atoms with Crippen LogP contribution < -0.4 is 0 Å². The van der Waals surface area contributed by atoms with E-state index in [1.54, 1.807) is 16.8 Å². The van der Waals surface area contributed by atoms with Gasteiger partial charge in [-0.25, -0.2) is 4.79 Å². The molecule has 1 aliphatic heterocycles. The first-order valence-electron chi connectivity index (χ1n) is 7.87. The lowest BCUT2D eigenvalue weighted by atomic mass is 9.96. The Morgan fingerprint density at radius 2 is 2.04 bits per heavy atom. The molecule has 0 bridgehead atoms. The van der Waals surface area contributed by atoms with Crippen molar-refractivity contribution in [1.82, 2.24) is 9.47 Å². The fourth-order valence-corrected chi connectivity index (χ4v) is 3.24. The van der Waals surface area contributed by atoms with Crippen LogP contribution >= 0.6 is 0 Å². The monoisotopic (exact) mass is 314 g/mol. The molecule has 2 aromatic rings. The van der Waals surface area contributed by atoms with Gasteiger partial charge in [-0.1, -0.05) is 6.08 Å².